The first-order chi connectivity index (χ1) is 13.3. The highest BCUT2D eigenvalue weighted by molar-refractivity contribution is 7.89. The van der Waals surface area contributed by atoms with Gasteiger partial charge in [0.25, 0.3) is 5.91 Å². The average Bonchev–Trinajstić information content (AvgIpc) is 3.39. The van der Waals surface area contributed by atoms with Crippen molar-refractivity contribution in [1.82, 2.24) is 9.62 Å². The van der Waals surface area contributed by atoms with Gasteiger partial charge in [0.2, 0.25) is 10.0 Å². The van der Waals surface area contributed by atoms with Gasteiger partial charge < -0.3 is 10.6 Å². The van der Waals surface area contributed by atoms with Crippen LogP contribution in [-0.2, 0) is 10.0 Å². The van der Waals surface area contributed by atoms with Crippen LogP contribution in [0.3, 0.4) is 0 Å². The number of aryl methyl sites for hydroxylation is 1. The zero-order valence-corrected chi connectivity index (χ0v) is 17.9. The van der Waals surface area contributed by atoms with Gasteiger partial charge in [-0.3, -0.25) is 4.79 Å². The Hall–Kier alpha value is -1.93. The molecule has 1 amide bonds. The minimum absolute atomic E-state index is 0. The molecule has 2 aromatic rings. The number of hydrogen-bond acceptors (Lipinski definition) is 4. The summed E-state index contributed by atoms with van der Waals surface area (Å²) in [5, 5.41) is 0. The second-order valence-electron chi connectivity index (χ2n) is 7.76. The lowest BCUT2D eigenvalue weighted by Crippen LogP contribution is -2.33. The Bertz CT molecular complexity index is 993. The number of rotatable bonds is 5. The van der Waals surface area contributed by atoms with Crippen LogP contribution in [0.5, 0.6) is 0 Å². The monoisotopic (exact) mass is 435 g/mol. The fourth-order valence-electron chi connectivity index (χ4n) is 3.71. The maximum absolute atomic E-state index is 13.2. The predicted octanol–water partition coefficient (Wildman–Crippen LogP) is 2.42. The van der Waals surface area contributed by atoms with Gasteiger partial charge in [0.1, 0.15) is 0 Å². The number of halogens is 1. The van der Waals surface area contributed by atoms with Crippen LogP contribution in [0, 0.1) is 6.92 Å². The van der Waals surface area contributed by atoms with Crippen molar-refractivity contribution in [1.29, 1.82) is 0 Å². The molecule has 4 rings (SSSR count). The van der Waals surface area contributed by atoms with Crippen molar-refractivity contribution < 1.29 is 13.2 Å². The van der Waals surface area contributed by atoms with Crippen molar-refractivity contribution in [2.45, 2.75) is 42.7 Å². The van der Waals surface area contributed by atoms with Crippen molar-refractivity contribution in [3.63, 3.8) is 0 Å². The Morgan fingerprint density at radius 1 is 1.10 bits per heavy atom. The molecule has 2 aliphatic rings. The molecular weight excluding hydrogens is 410 g/mol. The first kappa shape index (κ1) is 21.8. The molecule has 1 saturated heterocycles. The third kappa shape index (κ3) is 4.64. The summed E-state index contributed by atoms with van der Waals surface area (Å²) >= 11 is 0. The van der Waals surface area contributed by atoms with Gasteiger partial charge in [-0.15, -0.1) is 12.4 Å². The number of nitrogens with one attached hydrogen (secondary N) is 1. The second kappa shape index (κ2) is 8.44. The van der Waals surface area contributed by atoms with Crippen molar-refractivity contribution in [2.24, 2.45) is 5.73 Å². The fourth-order valence-corrected chi connectivity index (χ4v) is 5.04. The SMILES string of the molecule is Cc1ccc(S(=O)(=O)NC2CC2)cc1C(=O)N1C[C@@H](N)[C@H](c2ccccc2)C1.Cl. The van der Waals surface area contributed by atoms with Gasteiger partial charge in [0, 0.05) is 36.7 Å². The molecule has 29 heavy (non-hydrogen) atoms. The van der Waals surface area contributed by atoms with Gasteiger partial charge in [0.05, 0.1) is 4.90 Å². The van der Waals surface area contributed by atoms with Crippen LogP contribution in [0.25, 0.3) is 0 Å². The smallest absolute Gasteiger partial charge is 0.254 e. The minimum atomic E-state index is -3.60. The first-order valence-corrected chi connectivity index (χ1v) is 11.1. The zero-order chi connectivity index (χ0) is 19.9. The van der Waals surface area contributed by atoms with Crippen LogP contribution in [0.1, 0.15) is 40.2 Å². The number of nitrogens with zero attached hydrogens (tertiary/aromatic N) is 1. The number of carbonyl (C=O) groups is 1. The number of sulfonamides is 1. The number of carbonyl (C=O) groups excluding carboxylic acids is 1. The molecule has 1 aliphatic heterocycles. The van der Waals surface area contributed by atoms with Gasteiger partial charge in [0.15, 0.2) is 0 Å². The van der Waals surface area contributed by atoms with Gasteiger partial charge in [-0.2, -0.15) is 0 Å². The maximum atomic E-state index is 13.2. The molecule has 8 heteroatoms. The number of hydrogen-bond donors (Lipinski definition) is 2. The van der Waals surface area contributed by atoms with E-state index in [0.717, 1.165) is 24.0 Å². The van der Waals surface area contributed by atoms with E-state index in [1.54, 1.807) is 17.0 Å². The highest BCUT2D eigenvalue weighted by Crippen LogP contribution is 2.29. The van der Waals surface area contributed by atoms with E-state index in [4.69, 9.17) is 5.73 Å². The summed E-state index contributed by atoms with van der Waals surface area (Å²) in [6, 6.07) is 14.6. The van der Waals surface area contributed by atoms with E-state index in [-0.39, 0.29) is 41.2 Å². The second-order valence-corrected chi connectivity index (χ2v) is 9.48. The minimum Gasteiger partial charge on any atom is -0.336 e. The van der Waals surface area contributed by atoms with Crippen molar-refractivity contribution in [2.75, 3.05) is 13.1 Å². The normalized spacial score (nSPS) is 21.7. The molecule has 0 bridgehead atoms. The molecule has 0 spiro atoms. The summed E-state index contributed by atoms with van der Waals surface area (Å²) in [7, 11) is -3.60. The van der Waals surface area contributed by atoms with Crippen molar-refractivity contribution >= 4 is 28.3 Å². The molecule has 6 nitrogen and oxygen atoms in total. The topological polar surface area (TPSA) is 92.5 Å². The third-order valence-corrected chi connectivity index (χ3v) is 7.05. The quantitative estimate of drug-likeness (QED) is 0.754. The molecule has 1 heterocycles. The predicted molar refractivity (Wildman–Crippen MR) is 115 cm³/mol. The average molecular weight is 436 g/mol. The lowest BCUT2D eigenvalue weighted by atomic mass is 9.95. The Morgan fingerprint density at radius 2 is 1.79 bits per heavy atom. The van der Waals surface area contributed by atoms with E-state index in [1.165, 1.54) is 6.07 Å². The van der Waals surface area contributed by atoms with Crippen LogP contribution in [0.15, 0.2) is 53.4 Å². The van der Waals surface area contributed by atoms with E-state index in [2.05, 4.69) is 4.72 Å². The third-order valence-electron chi connectivity index (χ3n) is 5.53. The number of benzene rings is 2. The molecule has 0 unspecified atom stereocenters. The van der Waals surface area contributed by atoms with Crippen molar-refractivity contribution in [3.05, 3.63) is 65.2 Å². The first-order valence-electron chi connectivity index (χ1n) is 9.58. The molecular formula is C21H26ClN3O3S. The number of amides is 1. The molecule has 1 aliphatic carbocycles. The Labute approximate surface area is 177 Å². The summed E-state index contributed by atoms with van der Waals surface area (Å²) in [4.78, 5) is 15.0. The van der Waals surface area contributed by atoms with Gasteiger partial charge in [-0.25, -0.2) is 13.1 Å². The van der Waals surface area contributed by atoms with Crippen LogP contribution in [0.4, 0.5) is 0 Å². The summed E-state index contributed by atoms with van der Waals surface area (Å²) in [6.07, 6.45) is 1.73. The molecule has 3 N–H and O–H groups in total. The summed E-state index contributed by atoms with van der Waals surface area (Å²) in [5.41, 5.74) is 8.61. The van der Waals surface area contributed by atoms with Gasteiger partial charge in [-0.1, -0.05) is 36.4 Å². The molecule has 0 radical (unpaired) electrons. The highest BCUT2D eigenvalue weighted by Gasteiger charge is 2.35. The van der Waals surface area contributed by atoms with Gasteiger partial charge >= 0.3 is 0 Å². The van der Waals surface area contributed by atoms with Crippen molar-refractivity contribution in [3.8, 4) is 0 Å². The van der Waals surface area contributed by atoms with E-state index < -0.39 is 10.0 Å². The molecule has 2 aromatic carbocycles. The lowest BCUT2D eigenvalue weighted by Gasteiger charge is -2.18. The summed E-state index contributed by atoms with van der Waals surface area (Å²) < 4.78 is 27.7. The largest absolute Gasteiger partial charge is 0.336 e. The molecule has 0 aromatic heterocycles. The molecule has 156 valence electrons. The lowest BCUT2D eigenvalue weighted by molar-refractivity contribution is 0.0788. The van der Waals surface area contributed by atoms with Crippen LogP contribution in [0.2, 0.25) is 0 Å². The highest BCUT2D eigenvalue weighted by atomic mass is 35.5. The van der Waals surface area contributed by atoms with Crippen LogP contribution < -0.4 is 10.5 Å². The number of nitrogens with two attached hydrogens (primary N) is 1. The molecule has 1 saturated carbocycles. The van der Waals surface area contributed by atoms with E-state index in [0.29, 0.717) is 18.7 Å². The zero-order valence-electron chi connectivity index (χ0n) is 16.2. The fraction of sp³-hybridized carbons (Fsp3) is 0.381. The standard InChI is InChI=1S/C21H25N3O3S.ClH/c1-14-7-10-17(28(26,27)23-16-8-9-16)11-18(14)21(25)24-12-19(20(22)13-24)15-5-3-2-4-6-15;/h2-7,10-11,16,19-20,23H,8-9,12-13,22H2,1H3;1H/t19-,20+;/m0./s1. The molecule has 2 atom stereocenters. The maximum Gasteiger partial charge on any atom is 0.254 e. The van der Waals surface area contributed by atoms with Crippen LogP contribution in [-0.4, -0.2) is 44.4 Å². The Balaban J connectivity index is 0.00000240. The van der Waals surface area contributed by atoms with E-state index >= 15 is 0 Å². The number of likely N-dealkylation sites (tertiary alicyclic amines) is 1. The van der Waals surface area contributed by atoms with Crippen LogP contribution >= 0.6 is 12.4 Å². The van der Waals surface area contributed by atoms with E-state index in [9.17, 15) is 13.2 Å². The molecule has 2 fully saturated rings. The van der Waals surface area contributed by atoms with Gasteiger partial charge in [-0.05, 0) is 43.0 Å². The Kier molecular flexibility index (Phi) is 6.33. The van der Waals surface area contributed by atoms with E-state index in [1.807, 2.05) is 37.3 Å². The Morgan fingerprint density at radius 3 is 2.45 bits per heavy atom. The summed E-state index contributed by atoms with van der Waals surface area (Å²) in [5.74, 6) is -0.0937. The summed E-state index contributed by atoms with van der Waals surface area (Å²) in [6.45, 7) is 2.80.